The number of aromatic nitrogens is 3. The third-order valence-electron chi connectivity index (χ3n) is 4.69. The van der Waals surface area contributed by atoms with Gasteiger partial charge in [-0.2, -0.15) is 9.78 Å². The zero-order valence-corrected chi connectivity index (χ0v) is 19.0. The van der Waals surface area contributed by atoms with Gasteiger partial charge in [-0.3, -0.25) is 9.59 Å². The molecule has 4 heterocycles. The van der Waals surface area contributed by atoms with Crippen molar-refractivity contribution in [1.82, 2.24) is 14.8 Å². The van der Waals surface area contributed by atoms with E-state index in [-0.39, 0.29) is 23.0 Å². The number of nitrogens with zero attached hydrogens (tertiary/aromatic N) is 3. The topological polar surface area (TPSA) is 102 Å². The van der Waals surface area contributed by atoms with Crippen LogP contribution in [0.1, 0.15) is 52.3 Å². The van der Waals surface area contributed by atoms with Gasteiger partial charge < -0.3 is 15.1 Å². The first-order chi connectivity index (χ1) is 15.2. The molecule has 0 aromatic carbocycles. The lowest BCUT2D eigenvalue weighted by molar-refractivity contribution is 0.0995. The minimum Gasteiger partial charge on any atom is -0.459 e. The van der Waals surface area contributed by atoms with Crippen LogP contribution in [0.2, 0.25) is 0 Å². The molecule has 0 saturated heterocycles. The minimum atomic E-state index is -0.369. The smallest absolute Gasteiger partial charge is 0.291 e. The van der Waals surface area contributed by atoms with Gasteiger partial charge in [0, 0.05) is 17.7 Å². The van der Waals surface area contributed by atoms with Gasteiger partial charge in [0.15, 0.2) is 11.6 Å². The number of nitrogens with one attached hydrogen (secondary N) is 2. The van der Waals surface area contributed by atoms with E-state index in [9.17, 15) is 9.59 Å². The molecule has 0 fully saturated rings. The molecule has 0 radical (unpaired) electrons. The van der Waals surface area contributed by atoms with Gasteiger partial charge in [0.25, 0.3) is 11.8 Å². The van der Waals surface area contributed by atoms with Crippen molar-refractivity contribution in [3.05, 3.63) is 76.8 Å². The Bertz CT molecular complexity index is 1250. The van der Waals surface area contributed by atoms with Crippen LogP contribution < -0.4 is 10.6 Å². The van der Waals surface area contributed by atoms with E-state index in [1.54, 1.807) is 29.1 Å². The molecule has 164 valence electrons. The summed E-state index contributed by atoms with van der Waals surface area (Å²) in [7, 11) is 0. The van der Waals surface area contributed by atoms with Gasteiger partial charge in [0.05, 0.1) is 21.8 Å². The highest BCUT2D eigenvalue weighted by molar-refractivity contribution is 7.18. The summed E-state index contributed by atoms with van der Waals surface area (Å²) in [6.45, 7) is 7.99. The molecule has 0 unspecified atom stereocenters. The molecular weight excluding hydrogens is 426 g/mol. The lowest BCUT2D eigenvalue weighted by atomic mass is 9.92. The number of hydrogen-bond donors (Lipinski definition) is 2. The van der Waals surface area contributed by atoms with E-state index < -0.39 is 0 Å². The monoisotopic (exact) mass is 449 g/mol. The summed E-state index contributed by atoms with van der Waals surface area (Å²) < 4.78 is 6.74. The van der Waals surface area contributed by atoms with Gasteiger partial charge in [-0.05, 0) is 42.8 Å². The first kappa shape index (κ1) is 21.5. The predicted octanol–water partition coefficient (Wildman–Crippen LogP) is 5.03. The fraction of sp³-hybridized carbons (Fsp3) is 0.217. The highest BCUT2D eigenvalue weighted by atomic mass is 32.1. The second-order valence-corrected chi connectivity index (χ2v) is 9.33. The van der Waals surface area contributed by atoms with Gasteiger partial charge in [-0.1, -0.05) is 26.8 Å². The minimum absolute atomic E-state index is 0.205. The normalized spacial score (nSPS) is 11.4. The maximum atomic E-state index is 13.1. The van der Waals surface area contributed by atoms with Gasteiger partial charge in [-0.15, -0.1) is 11.3 Å². The number of aryl methyl sites for hydroxylation is 1. The predicted molar refractivity (Wildman–Crippen MR) is 124 cm³/mol. The van der Waals surface area contributed by atoms with Crippen LogP contribution in [0.4, 0.5) is 10.8 Å². The number of hydrogen-bond acceptors (Lipinski definition) is 6. The summed E-state index contributed by atoms with van der Waals surface area (Å²) >= 11 is 1.20. The molecule has 2 N–H and O–H groups in total. The zero-order valence-electron chi connectivity index (χ0n) is 18.2. The van der Waals surface area contributed by atoms with Crippen LogP contribution in [0.15, 0.2) is 59.3 Å². The van der Waals surface area contributed by atoms with Crippen molar-refractivity contribution in [3.63, 3.8) is 0 Å². The van der Waals surface area contributed by atoms with Crippen LogP contribution in [0.5, 0.6) is 0 Å². The van der Waals surface area contributed by atoms with Crippen molar-refractivity contribution < 1.29 is 14.0 Å². The number of carbonyl (C=O) groups is 2. The average molecular weight is 450 g/mol. The lowest BCUT2D eigenvalue weighted by Crippen LogP contribution is -2.15. The number of anilines is 2. The Morgan fingerprint density at radius 1 is 1.06 bits per heavy atom. The van der Waals surface area contributed by atoms with E-state index in [2.05, 4.69) is 41.5 Å². The molecule has 9 heteroatoms. The number of thiophene rings is 1. The fourth-order valence-electron chi connectivity index (χ4n) is 3.01. The number of pyridine rings is 1. The van der Waals surface area contributed by atoms with Crippen LogP contribution >= 0.6 is 11.3 Å². The first-order valence-corrected chi connectivity index (χ1v) is 10.8. The summed E-state index contributed by atoms with van der Waals surface area (Å²) in [6, 6.07) is 12.4. The van der Waals surface area contributed by atoms with Gasteiger partial charge in [0.2, 0.25) is 0 Å². The van der Waals surface area contributed by atoms with Crippen LogP contribution in [-0.2, 0) is 5.41 Å². The molecule has 0 aliphatic rings. The number of carbonyl (C=O) groups excluding carboxylic acids is 2. The van der Waals surface area contributed by atoms with Crippen molar-refractivity contribution in [2.24, 2.45) is 0 Å². The number of furan rings is 1. The second-order valence-electron chi connectivity index (χ2n) is 8.27. The van der Waals surface area contributed by atoms with E-state index in [4.69, 9.17) is 4.42 Å². The summed E-state index contributed by atoms with van der Waals surface area (Å²) in [6.07, 6.45) is 3.11. The fourth-order valence-corrected chi connectivity index (χ4v) is 3.98. The molecule has 4 aromatic heterocycles. The molecule has 4 rings (SSSR count). The van der Waals surface area contributed by atoms with Crippen LogP contribution in [0.3, 0.4) is 0 Å². The molecule has 8 nitrogen and oxygen atoms in total. The Balaban J connectivity index is 1.60. The van der Waals surface area contributed by atoms with Crippen molar-refractivity contribution in [3.8, 4) is 5.82 Å². The third-order valence-corrected chi connectivity index (χ3v) is 5.84. The largest absolute Gasteiger partial charge is 0.459 e. The molecule has 0 aliphatic carbocycles. The van der Waals surface area contributed by atoms with E-state index in [0.29, 0.717) is 21.5 Å². The second kappa shape index (κ2) is 8.43. The standard InChI is InChI=1S/C23H23N5O3S/c1-14-12-19(26-21(29)15-8-7-11-31-15)32-20(14)22(30)25-18-13-16(23(2,3)4)27-28(18)17-9-5-6-10-24-17/h5-13H,1-4H3,(H,25,30)(H,26,29). The van der Waals surface area contributed by atoms with Crippen molar-refractivity contribution >= 4 is 34.0 Å². The highest BCUT2D eigenvalue weighted by Gasteiger charge is 2.23. The molecule has 0 saturated carbocycles. The summed E-state index contributed by atoms with van der Waals surface area (Å²) in [4.78, 5) is 30.2. The van der Waals surface area contributed by atoms with Gasteiger partial charge >= 0.3 is 0 Å². The Kier molecular flexibility index (Phi) is 5.67. The average Bonchev–Trinajstić information content (AvgIpc) is 3.48. The molecule has 0 spiro atoms. The summed E-state index contributed by atoms with van der Waals surface area (Å²) in [5, 5.41) is 10.9. The number of amides is 2. The van der Waals surface area contributed by atoms with Crippen molar-refractivity contribution in [2.45, 2.75) is 33.1 Å². The molecule has 0 atom stereocenters. The Morgan fingerprint density at radius 3 is 2.53 bits per heavy atom. The molecular formula is C23H23N5O3S. The van der Waals surface area contributed by atoms with Gasteiger partial charge in [0.1, 0.15) is 5.82 Å². The quantitative estimate of drug-likeness (QED) is 0.445. The summed E-state index contributed by atoms with van der Waals surface area (Å²) in [5.41, 5.74) is 1.37. The highest BCUT2D eigenvalue weighted by Crippen LogP contribution is 2.30. The van der Waals surface area contributed by atoms with Crippen LogP contribution in [0, 0.1) is 6.92 Å². The lowest BCUT2D eigenvalue weighted by Gasteiger charge is -2.13. The Hall–Kier alpha value is -3.72. The van der Waals surface area contributed by atoms with Crippen LogP contribution in [0.25, 0.3) is 5.82 Å². The maximum Gasteiger partial charge on any atom is 0.291 e. The molecule has 32 heavy (non-hydrogen) atoms. The molecule has 4 aromatic rings. The summed E-state index contributed by atoms with van der Waals surface area (Å²) in [5.74, 6) is 0.672. The van der Waals surface area contributed by atoms with E-state index >= 15 is 0 Å². The molecule has 2 amide bonds. The number of rotatable bonds is 5. The Morgan fingerprint density at radius 2 is 1.88 bits per heavy atom. The zero-order chi connectivity index (χ0) is 22.9. The van der Waals surface area contributed by atoms with E-state index in [0.717, 1.165) is 11.3 Å². The van der Waals surface area contributed by atoms with Gasteiger partial charge in [-0.25, -0.2) is 4.98 Å². The van der Waals surface area contributed by atoms with Crippen molar-refractivity contribution in [1.29, 1.82) is 0 Å². The molecule has 0 bridgehead atoms. The Labute approximate surface area is 189 Å². The third kappa shape index (κ3) is 4.47. The first-order valence-electron chi connectivity index (χ1n) is 10.0. The van der Waals surface area contributed by atoms with Crippen LogP contribution in [-0.4, -0.2) is 26.6 Å². The molecule has 0 aliphatic heterocycles. The SMILES string of the molecule is Cc1cc(NC(=O)c2ccco2)sc1C(=O)Nc1cc(C(C)(C)C)nn1-c1ccccn1. The van der Waals surface area contributed by atoms with Crippen molar-refractivity contribution in [2.75, 3.05) is 10.6 Å². The maximum absolute atomic E-state index is 13.1. The van der Waals surface area contributed by atoms with E-state index in [1.807, 2.05) is 31.2 Å². The van der Waals surface area contributed by atoms with E-state index in [1.165, 1.54) is 17.6 Å².